The summed E-state index contributed by atoms with van der Waals surface area (Å²) in [7, 11) is 4.18. The average molecular weight is 221 g/mol. The van der Waals surface area contributed by atoms with Crippen molar-refractivity contribution in [2.75, 3.05) is 20.6 Å². The van der Waals surface area contributed by atoms with Crippen LogP contribution in [-0.4, -0.2) is 37.7 Å². The minimum Gasteiger partial charge on any atom is -0.370 e. The van der Waals surface area contributed by atoms with Crippen LogP contribution in [0.1, 0.15) is 18.9 Å². The van der Waals surface area contributed by atoms with E-state index in [9.17, 15) is 0 Å². The molecule has 1 aliphatic rings. The van der Waals surface area contributed by atoms with E-state index in [0.717, 1.165) is 6.54 Å². The van der Waals surface area contributed by atoms with Crippen molar-refractivity contribution in [2.45, 2.75) is 32.5 Å². The van der Waals surface area contributed by atoms with Crippen molar-refractivity contribution in [3.8, 4) is 0 Å². The van der Waals surface area contributed by atoms with Crippen LogP contribution >= 0.6 is 0 Å². The smallest absolute Gasteiger partial charge is 0.0851 e. The third-order valence-electron chi connectivity index (χ3n) is 2.64. The van der Waals surface area contributed by atoms with Crippen molar-refractivity contribution in [3.05, 3.63) is 35.9 Å². The number of benzene rings is 1. The summed E-state index contributed by atoms with van der Waals surface area (Å²) >= 11 is 0. The van der Waals surface area contributed by atoms with E-state index in [2.05, 4.69) is 45.0 Å². The Balaban J connectivity index is 0.000000165. The molecule has 0 bridgehead atoms. The highest BCUT2D eigenvalue weighted by molar-refractivity contribution is 5.11. The van der Waals surface area contributed by atoms with E-state index < -0.39 is 0 Å². The summed E-state index contributed by atoms with van der Waals surface area (Å²) in [5, 5.41) is 0. The molecular weight excluding hydrogens is 198 g/mol. The molecule has 1 fully saturated rings. The molecule has 0 amide bonds. The zero-order chi connectivity index (χ0) is 12.0. The van der Waals surface area contributed by atoms with Crippen molar-refractivity contribution in [3.63, 3.8) is 0 Å². The Labute approximate surface area is 99.2 Å². The maximum absolute atomic E-state index is 5.24. The Morgan fingerprint density at radius 1 is 1.19 bits per heavy atom. The fourth-order valence-electron chi connectivity index (χ4n) is 1.45. The highest BCUT2D eigenvalue weighted by Gasteiger charge is 2.33. The second-order valence-electron chi connectivity index (χ2n) is 4.63. The second-order valence-corrected chi connectivity index (χ2v) is 4.63. The fraction of sp³-hybridized carbons (Fsp3) is 0.571. The zero-order valence-corrected chi connectivity index (χ0v) is 10.8. The number of nitrogens with zero attached hydrogens (tertiary/aromatic N) is 1. The van der Waals surface area contributed by atoms with E-state index in [4.69, 9.17) is 4.74 Å². The summed E-state index contributed by atoms with van der Waals surface area (Å²) in [6.45, 7) is 5.36. The van der Waals surface area contributed by atoms with Crippen molar-refractivity contribution in [1.82, 2.24) is 4.90 Å². The molecule has 2 heteroatoms. The van der Waals surface area contributed by atoms with Gasteiger partial charge in [0.1, 0.15) is 0 Å². The van der Waals surface area contributed by atoms with Crippen LogP contribution in [0.4, 0.5) is 0 Å². The van der Waals surface area contributed by atoms with E-state index in [1.165, 1.54) is 12.0 Å². The van der Waals surface area contributed by atoms with Crippen LogP contribution in [0, 0.1) is 6.92 Å². The summed E-state index contributed by atoms with van der Waals surface area (Å²) in [5.74, 6) is 0. The van der Waals surface area contributed by atoms with Gasteiger partial charge in [-0.1, -0.05) is 35.9 Å². The molecule has 2 rings (SSSR count). The van der Waals surface area contributed by atoms with Gasteiger partial charge in [-0.15, -0.1) is 0 Å². The molecule has 0 radical (unpaired) electrons. The molecule has 0 saturated carbocycles. The van der Waals surface area contributed by atoms with Gasteiger partial charge < -0.3 is 9.64 Å². The van der Waals surface area contributed by atoms with Gasteiger partial charge in [-0.2, -0.15) is 0 Å². The molecule has 0 spiro atoms. The third-order valence-corrected chi connectivity index (χ3v) is 2.64. The number of hydrogen-bond donors (Lipinski definition) is 0. The highest BCUT2D eigenvalue weighted by Crippen LogP contribution is 2.23. The number of epoxide rings is 1. The lowest BCUT2D eigenvalue weighted by Crippen LogP contribution is -2.14. The standard InChI is InChI=1S/C7H15NO.C7H8/c1-6-7(9-6)4-5-8(2)3;1-7-5-3-2-4-6-7/h6-7H,4-5H2,1-3H3;2-6H,1H3. The van der Waals surface area contributed by atoms with Crippen LogP contribution < -0.4 is 0 Å². The van der Waals surface area contributed by atoms with Crippen LogP contribution in [0.2, 0.25) is 0 Å². The van der Waals surface area contributed by atoms with Gasteiger partial charge in [0, 0.05) is 6.54 Å². The number of rotatable bonds is 3. The molecule has 90 valence electrons. The lowest BCUT2D eigenvalue weighted by atomic mass is 10.2. The summed E-state index contributed by atoms with van der Waals surface area (Å²) < 4.78 is 5.24. The Morgan fingerprint density at radius 2 is 1.75 bits per heavy atom. The Hall–Kier alpha value is -0.860. The number of hydrogen-bond acceptors (Lipinski definition) is 2. The Morgan fingerprint density at radius 3 is 2.06 bits per heavy atom. The average Bonchev–Trinajstić information content (AvgIpc) is 2.94. The van der Waals surface area contributed by atoms with Gasteiger partial charge in [0.05, 0.1) is 12.2 Å². The van der Waals surface area contributed by atoms with E-state index in [-0.39, 0.29) is 0 Å². The largest absolute Gasteiger partial charge is 0.370 e. The SMILES string of the molecule is CC1OC1CCN(C)C.Cc1ccccc1. The van der Waals surface area contributed by atoms with Gasteiger partial charge in [-0.05, 0) is 34.4 Å². The van der Waals surface area contributed by atoms with E-state index in [0.29, 0.717) is 12.2 Å². The normalized spacial score (nSPS) is 22.6. The minimum absolute atomic E-state index is 0.532. The molecule has 1 aromatic rings. The first-order chi connectivity index (χ1) is 7.59. The van der Waals surface area contributed by atoms with Gasteiger partial charge in [0.2, 0.25) is 0 Å². The molecule has 2 atom stereocenters. The fourth-order valence-corrected chi connectivity index (χ4v) is 1.45. The lowest BCUT2D eigenvalue weighted by Gasteiger charge is -2.06. The molecule has 1 aliphatic heterocycles. The zero-order valence-electron chi connectivity index (χ0n) is 10.8. The van der Waals surface area contributed by atoms with E-state index >= 15 is 0 Å². The first-order valence-corrected chi connectivity index (χ1v) is 5.91. The predicted molar refractivity (Wildman–Crippen MR) is 68.7 cm³/mol. The summed E-state index contributed by atoms with van der Waals surface area (Å²) in [5.41, 5.74) is 1.32. The molecule has 2 unspecified atom stereocenters. The first-order valence-electron chi connectivity index (χ1n) is 5.91. The molecule has 1 saturated heterocycles. The van der Waals surface area contributed by atoms with Crippen LogP contribution in [0.5, 0.6) is 0 Å². The third kappa shape index (κ3) is 5.89. The van der Waals surface area contributed by atoms with Crippen LogP contribution in [0.15, 0.2) is 30.3 Å². The summed E-state index contributed by atoms with van der Waals surface area (Å²) in [4.78, 5) is 2.19. The monoisotopic (exact) mass is 221 g/mol. The molecule has 16 heavy (non-hydrogen) atoms. The highest BCUT2D eigenvalue weighted by atomic mass is 16.6. The first kappa shape index (κ1) is 13.2. The van der Waals surface area contributed by atoms with Crippen molar-refractivity contribution >= 4 is 0 Å². The van der Waals surface area contributed by atoms with Crippen molar-refractivity contribution in [1.29, 1.82) is 0 Å². The van der Waals surface area contributed by atoms with E-state index in [1.54, 1.807) is 0 Å². The minimum atomic E-state index is 0.532. The van der Waals surface area contributed by atoms with Crippen LogP contribution in [0.25, 0.3) is 0 Å². The van der Waals surface area contributed by atoms with Gasteiger partial charge in [0.25, 0.3) is 0 Å². The maximum atomic E-state index is 5.24. The Kier molecular flexibility index (Phi) is 5.50. The number of aryl methyl sites for hydroxylation is 1. The number of ether oxygens (including phenoxy) is 1. The molecular formula is C14H23NO. The Bertz CT molecular complexity index is 284. The van der Waals surface area contributed by atoms with Crippen molar-refractivity contribution in [2.24, 2.45) is 0 Å². The summed E-state index contributed by atoms with van der Waals surface area (Å²) in [6, 6.07) is 10.3. The quantitative estimate of drug-likeness (QED) is 0.729. The molecule has 0 aromatic heterocycles. The topological polar surface area (TPSA) is 15.8 Å². The van der Waals surface area contributed by atoms with Gasteiger partial charge >= 0.3 is 0 Å². The molecule has 2 nitrogen and oxygen atoms in total. The van der Waals surface area contributed by atoms with Gasteiger partial charge in [-0.3, -0.25) is 0 Å². The van der Waals surface area contributed by atoms with Gasteiger partial charge in [-0.25, -0.2) is 0 Å². The summed E-state index contributed by atoms with van der Waals surface area (Å²) in [6.07, 6.45) is 2.28. The second kappa shape index (κ2) is 6.66. The van der Waals surface area contributed by atoms with Gasteiger partial charge in [0.15, 0.2) is 0 Å². The molecule has 0 aliphatic carbocycles. The maximum Gasteiger partial charge on any atom is 0.0851 e. The predicted octanol–water partition coefficient (Wildman–Crippen LogP) is 2.72. The molecule has 0 N–H and O–H groups in total. The van der Waals surface area contributed by atoms with Crippen LogP contribution in [0.3, 0.4) is 0 Å². The molecule has 1 aromatic carbocycles. The lowest BCUT2D eigenvalue weighted by molar-refractivity contribution is 0.333. The van der Waals surface area contributed by atoms with E-state index in [1.807, 2.05) is 18.2 Å². The van der Waals surface area contributed by atoms with Crippen molar-refractivity contribution < 1.29 is 4.74 Å². The van der Waals surface area contributed by atoms with Crippen LogP contribution in [-0.2, 0) is 4.74 Å². The molecule has 1 heterocycles.